The number of hydrogen-bond donors (Lipinski definition) is 0. The molecule has 3 nitrogen and oxygen atoms in total. The zero-order valence-electron chi connectivity index (χ0n) is 10.7. The predicted octanol–water partition coefficient (Wildman–Crippen LogP) is 2.58. The lowest BCUT2D eigenvalue weighted by atomic mass is 10.1. The highest BCUT2D eigenvalue weighted by Gasteiger charge is 2.34. The molecule has 1 aliphatic heterocycles. The Balaban J connectivity index is 1.89. The molecule has 0 radical (unpaired) electrons. The van der Waals surface area contributed by atoms with E-state index in [9.17, 15) is 22.8 Å². The van der Waals surface area contributed by atoms with E-state index < -0.39 is 23.7 Å². The third kappa shape index (κ3) is 3.79. The number of thioether (sulfide) groups is 1. The van der Waals surface area contributed by atoms with Gasteiger partial charge in [-0.15, -0.1) is 11.8 Å². The number of halogens is 3. The van der Waals surface area contributed by atoms with Crippen LogP contribution in [0.25, 0.3) is 0 Å². The number of amides is 2. The number of fused-ring (bicyclic) bond motifs is 1. The van der Waals surface area contributed by atoms with Crippen LogP contribution in [0.15, 0.2) is 24.3 Å². The molecular formula is C14H10F3NO2S. The molecule has 110 valence electrons. The molecule has 0 unspecified atom stereocenters. The Morgan fingerprint density at radius 2 is 1.62 bits per heavy atom. The second kappa shape index (κ2) is 6.22. The molecular weight excluding hydrogens is 303 g/mol. The fourth-order valence-electron chi connectivity index (χ4n) is 1.79. The van der Waals surface area contributed by atoms with E-state index in [1.807, 2.05) is 0 Å². The van der Waals surface area contributed by atoms with Crippen molar-refractivity contribution in [1.82, 2.24) is 4.90 Å². The monoisotopic (exact) mass is 313 g/mol. The first-order chi connectivity index (χ1) is 9.90. The van der Waals surface area contributed by atoms with Gasteiger partial charge in [-0.3, -0.25) is 14.5 Å². The molecule has 1 aromatic carbocycles. The van der Waals surface area contributed by atoms with Crippen LogP contribution in [-0.4, -0.2) is 40.9 Å². The summed E-state index contributed by atoms with van der Waals surface area (Å²) in [5, 5.41) is 0. The first-order valence-electron chi connectivity index (χ1n) is 5.95. The van der Waals surface area contributed by atoms with Crippen LogP contribution in [0, 0.1) is 11.8 Å². The number of imide groups is 1. The maximum atomic E-state index is 11.9. The van der Waals surface area contributed by atoms with Crippen LogP contribution in [0.1, 0.15) is 20.7 Å². The predicted molar refractivity (Wildman–Crippen MR) is 73.0 cm³/mol. The third-order valence-electron chi connectivity index (χ3n) is 2.68. The summed E-state index contributed by atoms with van der Waals surface area (Å²) in [7, 11) is 0. The van der Waals surface area contributed by atoms with Gasteiger partial charge in [-0.25, -0.2) is 0 Å². The number of carbonyl (C=O) groups is 2. The molecule has 0 aromatic heterocycles. The van der Waals surface area contributed by atoms with E-state index in [0.717, 1.165) is 4.90 Å². The average molecular weight is 313 g/mol. The molecule has 21 heavy (non-hydrogen) atoms. The summed E-state index contributed by atoms with van der Waals surface area (Å²) in [6.45, 7) is -0.112. The van der Waals surface area contributed by atoms with Crippen molar-refractivity contribution in [3.05, 3.63) is 35.4 Å². The van der Waals surface area contributed by atoms with E-state index in [2.05, 4.69) is 11.8 Å². The molecule has 0 bridgehead atoms. The zero-order chi connectivity index (χ0) is 15.5. The molecule has 0 fully saturated rings. The standard InChI is InChI=1S/C14H10F3NO2S/c15-14(16,17)9-21-8-4-3-7-18-12(19)10-5-1-2-6-11(10)13(18)20/h1-2,5-6H,7-9H2. The number of alkyl halides is 3. The van der Waals surface area contributed by atoms with Crippen LogP contribution in [0.4, 0.5) is 13.2 Å². The number of rotatable bonds is 3. The number of carbonyl (C=O) groups excluding carboxylic acids is 2. The van der Waals surface area contributed by atoms with E-state index in [4.69, 9.17) is 0 Å². The number of nitrogens with zero attached hydrogens (tertiary/aromatic N) is 1. The van der Waals surface area contributed by atoms with E-state index in [0.29, 0.717) is 22.9 Å². The van der Waals surface area contributed by atoms with Crippen molar-refractivity contribution in [2.45, 2.75) is 6.18 Å². The lowest BCUT2D eigenvalue weighted by Gasteiger charge is -2.08. The Kier molecular flexibility index (Phi) is 4.58. The summed E-state index contributed by atoms with van der Waals surface area (Å²) in [5.74, 6) is 3.27. The third-order valence-corrected chi connectivity index (χ3v) is 3.56. The second-order valence-corrected chi connectivity index (χ2v) is 5.19. The van der Waals surface area contributed by atoms with Crippen LogP contribution in [-0.2, 0) is 0 Å². The topological polar surface area (TPSA) is 37.4 Å². The van der Waals surface area contributed by atoms with Gasteiger partial charge in [0.1, 0.15) is 0 Å². The van der Waals surface area contributed by atoms with Crippen molar-refractivity contribution in [3.8, 4) is 11.8 Å². The van der Waals surface area contributed by atoms with E-state index in [1.165, 1.54) is 0 Å². The average Bonchev–Trinajstić information content (AvgIpc) is 2.66. The maximum Gasteiger partial charge on any atom is 0.397 e. The van der Waals surface area contributed by atoms with Crippen LogP contribution in [0.3, 0.4) is 0 Å². The number of benzene rings is 1. The highest BCUT2D eigenvalue weighted by Crippen LogP contribution is 2.22. The van der Waals surface area contributed by atoms with E-state index in [1.54, 1.807) is 24.3 Å². The molecule has 7 heteroatoms. The summed E-state index contributed by atoms with van der Waals surface area (Å²) in [5.41, 5.74) is 0.659. The molecule has 0 spiro atoms. The Bertz CT molecular complexity index is 596. The first kappa shape index (κ1) is 15.4. The minimum Gasteiger partial charge on any atom is -0.269 e. The summed E-state index contributed by atoms with van der Waals surface area (Å²) in [4.78, 5) is 24.9. The molecule has 1 heterocycles. The molecule has 0 saturated carbocycles. The lowest BCUT2D eigenvalue weighted by molar-refractivity contribution is -0.105. The Labute approximate surface area is 123 Å². The van der Waals surface area contributed by atoms with Crippen LogP contribution < -0.4 is 0 Å². The molecule has 2 rings (SSSR count). The molecule has 1 aromatic rings. The first-order valence-corrected chi connectivity index (χ1v) is 7.11. The van der Waals surface area contributed by atoms with Crippen LogP contribution in [0.5, 0.6) is 0 Å². The van der Waals surface area contributed by atoms with Crippen molar-refractivity contribution in [2.75, 3.05) is 18.1 Å². The van der Waals surface area contributed by atoms with Gasteiger partial charge < -0.3 is 0 Å². The van der Waals surface area contributed by atoms with Gasteiger partial charge in [-0.05, 0) is 12.1 Å². The van der Waals surface area contributed by atoms with Crippen molar-refractivity contribution in [3.63, 3.8) is 0 Å². The molecule has 0 saturated heterocycles. The Morgan fingerprint density at radius 1 is 1.05 bits per heavy atom. The SMILES string of the molecule is O=C1c2ccccc2C(=O)N1CC#CCSCC(F)(F)F. The van der Waals surface area contributed by atoms with Crippen molar-refractivity contribution < 1.29 is 22.8 Å². The smallest absolute Gasteiger partial charge is 0.269 e. The van der Waals surface area contributed by atoms with Gasteiger partial charge in [-0.1, -0.05) is 24.0 Å². The molecule has 0 atom stereocenters. The summed E-state index contributed by atoms with van der Waals surface area (Å²) in [6.07, 6.45) is -4.21. The second-order valence-electron chi connectivity index (χ2n) is 4.20. The molecule has 0 N–H and O–H groups in total. The van der Waals surface area contributed by atoms with Crippen LogP contribution >= 0.6 is 11.8 Å². The Morgan fingerprint density at radius 3 is 2.14 bits per heavy atom. The van der Waals surface area contributed by atoms with Crippen molar-refractivity contribution in [1.29, 1.82) is 0 Å². The van der Waals surface area contributed by atoms with Gasteiger partial charge in [0, 0.05) is 0 Å². The minimum atomic E-state index is -4.21. The highest BCUT2D eigenvalue weighted by atomic mass is 32.2. The molecule has 1 aliphatic rings. The minimum absolute atomic E-state index is 0.00266. The number of hydrogen-bond acceptors (Lipinski definition) is 3. The highest BCUT2D eigenvalue weighted by molar-refractivity contribution is 7.99. The van der Waals surface area contributed by atoms with Crippen LogP contribution in [0.2, 0.25) is 0 Å². The molecule has 0 aliphatic carbocycles. The van der Waals surface area contributed by atoms with Gasteiger partial charge in [0.2, 0.25) is 0 Å². The van der Waals surface area contributed by atoms with Gasteiger partial charge in [-0.2, -0.15) is 13.2 Å². The van der Waals surface area contributed by atoms with Gasteiger partial charge >= 0.3 is 6.18 Å². The fraction of sp³-hybridized carbons (Fsp3) is 0.286. The molecule has 2 amide bonds. The Hall–Kier alpha value is -1.94. The summed E-state index contributed by atoms with van der Waals surface area (Å²) in [6, 6.07) is 6.43. The van der Waals surface area contributed by atoms with Gasteiger partial charge in [0.15, 0.2) is 0 Å². The van der Waals surface area contributed by atoms with Gasteiger partial charge in [0.25, 0.3) is 11.8 Å². The zero-order valence-corrected chi connectivity index (χ0v) is 11.6. The van der Waals surface area contributed by atoms with Crippen molar-refractivity contribution >= 4 is 23.6 Å². The van der Waals surface area contributed by atoms with Crippen molar-refractivity contribution in [2.24, 2.45) is 0 Å². The normalized spacial score (nSPS) is 14.0. The lowest BCUT2D eigenvalue weighted by Crippen LogP contribution is -2.30. The summed E-state index contributed by atoms with van der Waals surface area (Å²) >= 11 is 0.645. The largest absolute Gasteiger partial charge is 0.397 e. The quantitative estimate of drug-likeness (QED) is 0.489. The maximum absolute atomic E-state index is 11.9. The fourth-order valence-corrected chi connectivity index (χ4v) is 2.32. The summed E-state index contributed by atoms with van der Waals surface area (Å²) < 4.78 is 35.7. The van der Waals surface area contributed by atoms with Gasteiger partial charge in [0.05, 0.1) is 29.2 Å². The van der Waals surface area contributed by atoms with E-state index >= 15 is 0 Å². The van der Waals surface area contributed by atoms with E-state index in [-0.39, 0.29) is 12.3 Å².